The second-order valence-electron chi connectivity index (χ2n) is 7.97. The van der Waals surface area contributed by atoms with Crippen molar-refractivity contribution in [2.45, 2.75) is 24.7 Å². The summed E-state index contributed by atoms with van der Waals surface area (Å²) in [6.07, 6.45) is 7.83. The highest BCUT2D eigenvalue weighted by molar-refractivity contribution is 5.93. The highest BCUT2D eigenvalue weighted by Crippen LogP contribution is 2.51. The van der Waals surface area contributed by atoms with Crippen molar-refractivity contribution < 1.29 is 14.3 Å². The topological polar surface area (TPSA) is 71.5 Å². The van der Waals surface area contributed by atoms with E-state index < -0.39 is 17.4 Å². The summed E-state index contributed by atoms with van der Waals surface area (Å²) in [5.74, 6) is -1.03. The number of hydrogen-bond donors (Lipinski definition) is 1. The van der Waals surface area contributed by atoms with Gasteiger partial charge in [-0.3, -0.25) is 14.6 Å². The molecular formula is C23H23N3O3. The molecule has 4 heterocycles. The predicted molar refractivity (Wildman–Crippen MR) is 107 cm³/mol. The molecule has 3 aliphatic heterocycles. The van der Waals surface area contributed by atoms with Crippen molar-refractivity contribution >= 4 is 11.8 Å². The van der Waals surface area contributed by atoms with Gasteiger partial charge < -0.3 is 15.0 Å². The number of aromatic nitrogens is 1. The fraction of sp³-hybridized carbons (Fsp3) is 0.348. The lowest BCUT2D eigenvalue weighted by atomic mass is 9.77. The summed E-state index contributed by atoms with van der Waals surface area (Å²) in [7, 11) is 0. The van der Waals surface area contributed by atoms with Crippen LogP contribution in [0.15, 0.2) is 67.0 Å². The van der Waals surface area contributed by atoms with E-state index in [2.05, 4.69) is 22.4 Å². The van der Waals surface area contributed by atoms with Gasteiger partial charge in [-0.2, -0.15) is 0 Å². The van der Waals surface area contributed by atoms with E-state index in [1.54, 1.807) is 12.4 Å². The minimum Gasteiger partial charge on any atom is -0.360 e. The smallest absolute Gasteiger partial charge is 0.230 e. The summed E-state index contributed by atoms with van der Waals surface area (Å²) in [5.41, 5.74) is 1.47. The molecular weight excluding hydrogens is 366 g/mol. The normalized spacial score (nSPS) is 29.3. The monoisotopic (exact) mass is 389 g/mol. The van der Waals surface area contributed by atoms with Gasteiger partial charge in [0, 0.05) is 25.5 Å². The maximum Gasteiger partial charge on any atom is 0.230 e. The number of nitrogens with one attached hydrogen (secondary N) is 1. The van der Waals surface area contributed by atoms with E-state index in [0.717, 1.165) is 12.0 Å². The Morgan fingerprint density at radius 1 is 1.21 bits per heavy atom. The first-order chi connectivity index (χ1) is 14.2. The van der Waals surface area contributed by atoms with Gasteiger partial charge in [0.25, 0.3) is 0 Å². The van der Waals surface area contributed by atoms with Gasteiger partial charge in [-0.25, -0.2) is 0 Å². The molecule has 2 bridgehead atoms. The zero-order chi connectivity index (χ0) is 19.8. The molecule has 0 radical (unpaired) electrons. The van der Waals surface area contributed by atoms with Gasteiger partial charge in [-0.1, -0.05) is 48.6 Å². The number of amides is 2. The van der Waals surface area contributed by atoms with Crippen molar-refractivity contribution in [3.8, 4) is 0 Å². The van der Waals surface area contributed by atoms with Gasteiger partial charge in [0.1, 0.15) is 5.60 Å². The molecule has 2 fully saturated rings. The molecule has 2 saturated heterocycles. The molecule has 0 aliphatic carbocycles. The van der Waals surface area contributed by atoms with Crippen LogP contribution in [0.5, 0.6) is 0 Å². The SMILES string of the molecule is O=C(NCc1cccnc1)[C@H]1[C@@H]2C=C[C@@]3(CN(CCc4ccccc4)C(=O)[C@H]13)O2. The van der Waals surface area contributed by atoms with Crippen LogP contribution >= 0.6 is 0 Å². The molecule has 0 saturated carbocycles. The van der Waals surface area contributed by atoms with Crippen molar-refractivity contribution in [3.05, 3.63) is 78.1 Å². The Morgan fingerprint density at radius 3 is 2.83 bits per heavy atom. The number of ether oxygens (including phenoxy) is 1. The molecule has 1 spiro atoms. The van der Waals surface area contributed by atoms with E-state index in [9.17, 15) is 9.59 Å². The number of nitrogens with zero attached hydrogens (tertiary/aromatic N) is 2. The number of likely N-dealkylation sites (tertiary alicyclic amines) is 1. The average Bonchev–Trinajstić information content (AvgIpc) is 3.40. The quantitative estimate of drug-likeness (QED) is 0.764. The molecule has 1 aromatic heterocycles. The van der Waals surface area contributed by atoms with Crippen LogP contribution in [-0.4, -0.2) is 46.5 Å². The molecule has 3 aliphatic rings. The zero-order valence-electron chi connectivity index (χ0n) is 16.0. The number of carbonyl (C=O) groups is 2. The first kappa shape index (κ1) is 18.1. The molecule has 0 unspecified atom stereocenters. The van der Waals surface area contributed by atoms with Crippen LogP contribution in [-0.2, 0) is 27.3 Å². The molecule has 1 N–H and O–H groups in total. The van der Waals surface area contributed by atoms with Gasteiger partial charge in [0.05, 0.1) is 24.5 Å². The maximum absolute atomic E-state index is 13.2. The van der Waals surface area contributed by atoms with E-state index >= 15 is 0 Å². The second-order valence-corrected chi connectivity index (χ2v) is 7.97. The van der Waals surface area contributed by atoms with Crippen molar-refractivity contribution in [1.29, 1.82) is 0 Å². The summed E-state index contributed by atoms with van der Waals surface area (Å²) < 4.78 is 6.18. The Hall–Kier alpha value is -2.99. The number of fused-ring (bicyclic) bond motifs is 1. The van der Waals surface area contributed by atoms with E-state index in [4.69, 9.17) is 4.74 Å². The van der Waals surface area contributed by atoms with Gasteiger partial charge in [0.2, 0.25) is 11.8 Å². The minimum absolute atomic E-state index is 0.0225. The lowest BCUT2D eigenvalue weighted by molar-refractivity contribution is -0.137. The molecule has 29 heavy (non-hydrogen) atoms. The van der Waals surface area contributed by atoms with Crippen LogP contribution in [0.25, 0.3) is 0 Å². The Balaban J connectivity index is 1.28. The zero-order valence-corrected chi connectivity index (χ0v) is 16.0. The van der Waals surface area contributed by atoms with Crippen LogP contribution in [0, 0.1) is 11.8 Å². The summed E-state index contributed by atoms with van der Waals surface area (Å²) >= 11 is 0. The Bertz CT molecular complexity index is 946. The summed E-state index contributed by atoms with van der Waals surface area (Å²) in [5, 5.41) is 2.96. The first-order valence-corrected chi connectivity index (χ1v) is 10.0. The molecule has 2 amide bonds. The van der Waals surface area contributed by atoms with E-state index in [0.29, 0.717) is 19.6 Å². The molecule has 1 aromatic carbocycles. The number of hydrogen-bond acceptors (Lipinski definition) is 4. The van der Waals surface area contributed by atoms with Gasteiger partial charge in [-0.05, 0) is 23.6 Å². The van der Waals surface area contributed by atoms with Crippen LogP contribution < -0.4 is 5.32 Å². The molecule has 5 rings (SSSR count). The van der Waals surface area contributed by atoms with Crippen LogP contribution in [0.2, 0.25) is 0 Å². The van der Waals surface area contributed by atoms with E-state index in [1.165, 1.54) is 5.56 Å². The highest BCUT2D eigenvalue weighted by atomic mass is 16.5. The summed E-state index contributed by atoms with van der Waals surface area (Å²) in [4.78, 5) is 32.1. The van der Waals surface area contributed by atoms with Crippen LogP contribution in [0.4, 0.5) is 0 Å². The fourth-order valence-corrected chi connectivity index (χ4v) is 4.79. The Morgan fingerprint density at radius 2 is 2.03 bits per heavy atom. The third-order valence-electron chi connectivity index (χ3n) is 6.18. The van der Waals surface area contributed by atoms with Crippen molar-refractivity contribution in [1.82, 2.24) is 15.2 Å². The summed E-state index contributed by atoms with van der Waals surface area (Å²) in [6.45, 7) is 1.54. The van der Waals surface area contributed by atoms with Crippen LogP contribution in [0.1, 0.15) is 11.1 Å². The summed E-state index contributed by atoms with van der Waals surface area (Å²) in [6, 6.07) is 13.9. The van der Waals surface area contributed by atoms with Gasteiger partial charge in [0.15, 0.2) is 0 Å². The number of carbonyl (C=O) groups excluding carboxylic acids is 2. The number of benzene rings is 1. The highest BCUT2D eigenvalue weighted by Gasteiger charge is 2.66. The van der Waals surface area contributed by atoms with Crippen molar-refractivity contribution in [2.75, 3.05) is 13.1 Å². The largest absolute Gasteiger partial charge is 0.360 e. The fourth-order valence-electron chi connectivity index (χ4n) is 4.79. The minimum atomic E-state index is -0.658. The maximum atomic E-state index is 13.2. The first-order valence-electron chi connectivity index (χ1n) is 10.0. The average molecular weight is 389 g/mol. The van der Waals surface area contributed by atoms with Gasteiger partial charge in [-0.15, -0.1) is 0 Å². The molecule has 4 atom stereocenters. The third-order valence-corrected chi connectivity index (χ3v) is 6.18. The van der Waals surface area contributed by atoms with Gasteiger partial charge >= 0.3 is 0 Å². The predicted octanol–water partition coefficient (Wildman–Crippen LogP) is 1.72. The standard InChI is InChI=1S/C23H23N3O3/c27-21(25-14-17-7-4-11-24-13-17)19-18-8-10-23(29-18)15-26(22(28)20(19)23)12-9-16-5-2-1-3-6-16/h1-8,10-11,13,18-20H,9,12,14-15H2,(H,25,27)/t18-,19-,20-,23-/m0/s1. The number of rotatable bonds is 6. The molecule has 2 aromatic rings. The Kier molecular flexibility index (Phi) is 4.43. The molecule has 6 nitrogen and oxygen atoms in total. The lowest BCUT2D eigenvalue weighted by Crippen LogP contribution is -2.44. The third kappa shape index (κ3) is 3.13. The van der Waals surface area contributed by atoms with E-state index in [1.807, 2.05) is 47.4 Å². The van der Waals surface area contributed by atoms with E-state index in [-0.39, 0.29) is 17.9 Å². The Labute approximate surface area is 169 Å². The molecule has 148 valence electrons. The van der Waals surface area contributed by atoms with Crippen molar-refractivity contribution in [2.24, 2.45) is 11.8 Å². The number of pyridine rings is 1. The molecule has 6 heteroatoms. The second kappa shape index (κ2) is 7.12. The van der Waals surface area contributed by atoms with Crippen LogP contribution in [0.3, 0.4) is 0 Å². The lowest BCUT2D eigenvalue weighted by Gasteiger charge is -2.23. The van der Waals surface area contributed by atoms with Crippen molar-refractivity contribution in [3.63, 3.8) is 0 Å².